The van der Waals surface area contributed by atoms with Crippen molar-refractivity contribution in [1.82, 2.24) is 25.0 Å². The molecular formula is C15H14Cl2N6OS. The van der Waals surface area contributed by atoms with Gasteiger partial charge in [-0.15, -0.1) is 16.4 Å². The molecule has 0 spiro atoms. The highest BCUT2D eigenvalue weighted by Crippen LogP contribution is 2.18. The summed E-state index contributed by atoms with van der Waals surface area (Å²) in [6.07, 6.45) is 3.38. The van der Waals surface area contributed by atoms with Gasteiger partial charge >= 0.3 is 0 Å². The van der Waals surface area contributed by atoms with Crippen LogP contribution >= 0.6 is 34.5 Å². The van der Waals surface area contributed by atoms with Gasteiger partial charge in [-0.25, -0.2) is 14.6 Å². The van der Waals surface area contributed by atoms with E-state index in [0.29, 0.717) is 34.2 Å². The summed E-state index contributed by atoms with van der Waals surface area (Å²) in [4.78, 5) is 14.3. The molecule has 0 saturated heterocycles. The highest BCUT2D eigenvalue weighted by atomic mass is 35.5. The van der Waals surface area contributed by atoms with Gasteiger partial charge in [0.2, 0.25) is 0 Å². The van der Waals surface area contributed by atoms with Gasteiger partial charge in [0, 0.05) is 12.4 Å². The van der Waals surface area contributed by atoms with Crippen LogP contribution in [0, 0.1) is 6.92 Å². The Labute approximate surface area is 158 Å². The Morgan fingerprint density at radius 3 is 2.80 bits per heavy atom. The number of hydrogen-bond donors (Lipinski definition) is 0. The molecule has 3 aromatic rings. The van der Waals surface area contributed by atoms with Gasteiger partial charge in [0.25, 0.3) is 0 Å². The van der Waals surface area contributed by atoms with Crippen LogP contribution in [-0.4, -0.2) is 30.7 Å². The maximum absolute atomic E-state index is 5.80. The zero-order chi connectivity index (χ0) is 17.8. The van der Waals surface area contributed by atoms with Gasteiger partial charge in [-0.3, -0.25) is 0 Å². The number of thiazole rings is 1. The Morgan fingerprint density at radius 1 is 1.28 bits per heavy atom. The van der Waals surface area contributed by atoms with Crippen LogP contribution in [0.4, 0.5) is 0 Å². The highest BCUT2D eigenvalue weighted by Gasteiger charge is 2.12. The SMILES string of the molecule is C/C(=N\OCc1cnc(Cl)s1)c1nnn(Cc2ccc(Cl)nc2)c1C. The van der Waals surface area contributed by atoms with Crippen LogP contribution in [0.3, 0.4) is 0 Å². The average molecular weight is 397 g/mol. The number of pyridine rings is 1. The molecule has 3 heterocycles. The monoisotopic (exact) mass is 396 g/mol. The molecule has 130 valence electrons. The minimum Gasteiger partial charge on any atom is -0.390 e. The van der Waals surface area contributed by atoms with Crippen molar-refractivity contribution in [3.8, 4) is 0 Å². The zero-order valence-electron chi connectivity index (χ0n) is 13.5. The predicted molar refractivity (Wildman–Crippen MR) is 97.2 cm³/mol. The lowest BCUT2D eigenvalue weighted by molar-refractivity contribution is 0.132. The normalized spacial score (nSPS) is 11.8. The van der Waals surface area contributed by atoms with Crippen molar-refractivity contribution in [2.45, 2.75) is 27.0 Å². The number of oxime groups is 1. The minimum atomic E-state index is 0.311. The van der Waals surface area contributed by atoms with Crippen molar-refractivity contribution in [3.05, 3.63) is 56.0 Å². The Hall–Kier alpha value is -2.03. The molecule has 3 rings (SSSR count). The molecule has 0 N–H and O–H groups in total. The van der Waals surface area contributed by atoms with Crippen molar-refractivity contribution in [2.24, 2.45) is 5.16 Å². The molecule has 0 atom stereocenters. The Kier molecular flexibility index (Phi) is 5.62. The van der Waals surface area contributed by atoms with Crippen LogP contribution in [0.25, 0.3) is 0 Å². The molecule has 0 aliphatic carbocycles. The molecular weight excluding hydrogens is 383 g/mol. The molecule has 10 heteroatoms. The van der Waals surface area contributed by atoms with Gasteiger partial charge in [0.05, 0.1) is 17.1 Å². The van der Waals surface area contributed by atoms with E-state index in [-0.39, 0.29) is 0 Å². The van der Waals surface area contributed by atoms with Crippen LogP contribution in [0.1, 0.15) is 28.8 Å². The summed E-state index contributed by atoms with van der Waals surface area (Å²) in [7, 11) is 0. The molecule has 0 aliphatic rings. The van der Waals surface area contributed by atoms with E-state index in [1.165, 1.54) is 11.3 Å². The Morgan fingerprint density at radius 2 is 2.12 bits per heavy atom. The van der Waals surface area contributed by atoms with E-state index in [2.05, 4.69) is 25.4 Å². The molecule has 0 unspecified atom stereocenters. The number of nitrogens with zero attached hydrogens (tertiary/aromatic N) is 6. The summed E-state index contributed by atoms with van der Waals surface area (Å²) in [5.74, 6) is 0. The second-order valence-electron chi connectivity index (χ2n) is 5.20. The van der Waals surface area contributed by atoms with E-state index < -0.39 is 0 Å². The van der Waals surface area contributed by atoms with Gasteiger partial charge in [0.15, 0.2) is 11.1 Å². The number of rotatable bonds is 6. The van der Waals surface area contributed by atoms with Crippen LogP contribution in [-0.2, 0) is 18.0 Å². The standard InChI is InChI=1S/C15H14Cl2N6OS/c1-9(21-24-8-12-6-19-15(17)25-12)14-10(2)23(22-20-14)7-11-3-4-13(16)18-5-11/h3-6H,7-8H2,1-2H3/b21-9+. The molecule has 0 aromatic carbocycles. The van der Waals surface area contributed by atoms with E-state index in [9.17, 15) is 0 Å². The number of aromatic nitrogens is 5. The van der Waals surface area contributed by atoms with E-state index in [4.69, 9.17) is 28.0 Å². The third-order valence-electron chi connectivity index (χ3n) is 3.38. The van der Waals surface area contributed by atoms with E-state index in [1.807, 2.05) is 19.9 Å². The van der Waals surface area contributed by atoms with Crippen molar-refractivity contribution < 1.29 is 4.84 Å². The first-order valence-electron chi connectivity index (χ1n) is 7.30. The highest BCUT2D eigenvalue weighted by molar-refractivity contribution is 7.15. The van der Waals surface area contributed by atoms with Gasteiger partial charge in [-0.2, -0.15) is 0 Å². The van der Waals surface area contributed by atoms with Crippen molar-refractivity contribution in [1.29, 1.82) is 0 Å². The summed E-state index contributed by atoms with van der Waals surface area (Å²) >= 11 is 12.9. The van der Waals surface area contributed by atoms with E-state index in [0.717, 1.165) is 16.1 Å². The quantitative estimate of drug-likeness (QED) is 0.360. The third kappa shape index (κ3) is 4.53. The van der Waals surface area contributed by atoms with Gasteiger partial charge < -0.3 is 4.84 Å². The minimum absolute atomic E-state index is 0.311. The fraction of sp³-hybridized carbons (Fsp3) is 0.267. The Bertz CT molecular complexity index is 890. The Balaban J connectivity index is 1.66. The molecule has 0 amide bonds. The molecule has 0 radical (unpaired) electrons. The fourth-order valence-electron chi connectivity index (χ4n) is 2.10. The fourth-order valence-corrected chi connectivity index (χ4v) is 3.10. The van der Waals surface area contributed by atoms with Crippen LogP contribution in [0.2, 0.25) is 9.62 Å². The van der Waals surface area contributed by atoms with Crippen LogP contribution in [0.15, 0.2) is 29.7 Å². The molecule has 0 aliphatic heterocycles. The molecule has 0 fully saturated rings. The molecule has 3 aromatic heterocycles. The number of hydrogen-bond acceptors (Lipinski definition) is 7. The first-order chi connectivity index (χ1) is 12.0. The van der Waals surface area contributed by atoms with Gasteiger partial charge in [0.1, 0.15) is 16.6 Å². The topological polar surface area (TPSA) is 78.1 Å². The van der Waals surface area contributed by atoms with Crippen LogP contribution in [0.5, 0.6) is 0 Å². The molecule has 7 nitrogen and oxygen atoms in total. The first kappa shape index (κ1) is 17.8. The summed E-state index contributed by atoms with van der Waals surface area (Å²) in [5.41, 5.74) is 3.20. The lowest BCUT2D eigenvalue weighted by Gasteiger charge is -2.04. The summed E-state index contributed by atoms with van der Waals surface area (Å²) in [6.45, 7) is 4.62. The smallest absolute Gasteiger partial charge is 0.183 e. The maximum Gasteiger partial charge on any atom is 0.183 e. The molecule has 0 saturated carbocycles. The maximum atomic E-state index is 5.80. The van der Waals surface area contributed by atoms with Crippen molar-refractivity contribution >= 4 is 40.3 Å². The van der Waals surface area contributed by atoms with Crippen molar-refractivity contribution in [2.75, 3.05) is 0 Å². The second-order valence-corrected chi connectivity index (χ2v) is 7.28. The van der Waals surface area contributed by atoms with Crippen molar-refractivity contribution in [3.63, 3.8) is 0 Å². The van der Waals surface area contributed by atoms with Gasteiger partial charge in [-0.05, 0) is 25.5 Å². The lowest BCUT2D eigenvalue weighted by Crippen LogP contribution is -2.06. The summed E-state index contributed by atoms with van der Waals surface area (Å²) in [5, 5.41) is 12.9. The largest absolute Gasteiger partial charge is 0.390 e. The van der Waals surface area contributed by atoms with E-state index >= 15 is 0 Å². The average Bonchev–Trinajstić information content (AvgIpc) is 3.16. The summed E-state index contributed by atoms with van der Waals surface area (Å²) < 4.78 is 2.26. The lowest BCUT2D eigenvalue weighted by atomic mass is 10.2. The number of halogens is 2. The van der Waals surface area contributed by atoms with Crippen LogP contribution < -0.4 is 0 Å². The summed E-state index contributed by atoms with van der Waals surface area (Å²) in [6, 6.07) is 3.65. The molecule has 25 heavy (non-hydrogen) atoms. The van der Waals surface area contributed by atoms with Gasteiger partial charge in [-0.1, -0.05) is 39.6 Å². The van der Waals surface area contributed by atoms with E-state index in [1.54, 1.807) is 23.1 Å². The first-order valence-corrected chi connectivity index (χ1v) is 8.88. The molecule has 0 bridgehead atoms. The zero-order valence-corrected chi connectivity index (χ0v) is 15.8. The predicted octanol–water partition coefficient (Wildman–Crippen LogP) is 3.73. The third-order valence-corrected chi connectivity index (χ3v) is 4.69. The second kappa shape index (κ2) is 7.90.